The minimum absolute atomic E-state index is 0.247. The summed E-state index contributed by atoms with van der Waals surface area (Å²) in [5, 5.41) is 9.18. The predicted octanol–water partition coefficient (Wildman–Crippen LogP) is 2.69. The molecule has 0 unspecified atom stereocenters. The van der Waals surface area contributed by atoms with Crippen molar-refractivity contribution < 1.29 is 14.7 Å². The second-order valence-electron chi connectivity index (χ2n) is 4.33. The molecule has 102 valence electrons. The number of halogens is 2. The number of hydrogen-bond donors (Lipinski definition) is 1. The molecule has 1 N–H and O–H groups in total. The van der Waals surface area contributed by atoms with Gasteiger partial charge >= 0.3 is 5.97 Å². The van der Waals surface area contributed by atoms with Crippen LogP contribution in [0, 0.1) is 0 Å². The number of piperidine rings is 1. The molecular weight excluding hydrogens is 380 g/mol. The van der Waals surface area contributed by atoms with Gasteiger partial charge in [-0.25, -0.2) is 9.78 Å². The first-order chi connectivity index (χ1) is 9.00. The molecule has 5 nitrogen and oxygen atoms in total. The number of carboxylic acid groups (broad SMARTS) is 1. The number of carbonyl (C=O) groups excluding carboxylic acids is 1. The van der Waals surface area contributed by atoms with Crippen molar-refractivity contribution in [1.82, 2.24) is 9.88 Å². The van der Waals surface area contributed by atoms with E-state index in [1.165, 1.54) is 11.1 Å². The van der Waals surface area contributed by atoms with Crippen LogP contribution in [0.5, 0.6) is 0 Å². The highest BCUT2D eigenvalue weighted by atomic mass is 79.9. The summed E-state index contributed by atoms with van der Waals surface area (Å²) in [5.41, 5.74) is 0.247. The van der Waals surface area contributed by atoms with E-state index in [4.69, 9.17) is 0 Å². The van der Waals surface area contributed by atoms with Gasteiger partial charge in [-0.1, -0.05) is 0 Å². The number of carboxylic acids is 1. The maximum absolute atomic E-state index is 12.4. The van der Waals surface area contributed by atoms with Gasteiger partial charge in [0.05, 0.1) is 4.47 Å². The number of nitrogens with zero attached hydrogens (tertiary/aromatic N) is 2. The molecule has 0 aliphatic carbocycles. The van der Waals surface area contributed by atoms with E-state index in [0.29, 0.717) is 17.4 Å². The van der Waals surface area contributed by atoms with Crippen molar-refractivity contribution in [3.05, 3.63) is 26.9 Å². The van der Waals surface area contributed by atoms with Gasteiger partial charge in [0.2, 0.25) is 0 Å². The summed E-state index contributed by atoms with van der Waals surface area (Å²) in [4.78, 5) is 29.1. The van der Waals surface area contributed by atoms with Crippen LogP contribution in [0.15, 0.2) is 21.2 Å². The van der Waals surface area contributed by atoms with Crippen molar-refractivity contribution in [2.24, 2.45) is 0 Å². The molecule has 1 saturated heterocycles. The summed E-state index contributed by atoms with van der Waals surface area (Å²) in [7, 11) is 0. The number of pyridine rings is 1. The average Bonchev–Trinajstić information content (AvgIpc) is 2.38. The number of aromatic nitrogens is 1. The molecule has 1 fully saturated rings. The molecule has 0 aromatic carbocycles. The minimum Gasteiger partial charge on any atom is -0.480 e. The topological polar surface area (TPSA) is 70.5 Å². The van der Waals surface area contributed by atoms with E-state index in [2.05, 4.69) is 36.8 Å². The quantitative estimate of drug-likeness (QED) is 0.841. The van der Waals surface area contributed by atoms with Crippen LogP contribution in [0.4, 0.5) is 0 Å². The van der Waals surface area contributed by atoms with Crippen LogP contribution in [-0.2, 0) is 4.79 Å². The Morgan fingerprint density at radius 1 is 1.37 bits per heavy atom. The molecular formula is C12H12Br2N2O3. The Morgan fingerprint density at radius 3 is 2.74 bits per heavy atom. The fourth-order valence-electron chi connectivity index (χ4n) is 2.14. The lowest BCUT2D eigenvalue weighted by Crippen LogP contribution is -2.48. The summed E-state index contributed by atoms with van der Waals surface area (Å²) in [6.45, 7) is 0.458. The fraction of sp³-hybridized carbons (Fsp3) is 0.417. The largest absolute Gasteiger partial charge is 0.480 e. The highest BCUT2D eigenvalue weighted by Crippen LogP contribution is 2.24. The normalized spacial score (nSPS) is 19.3. The third-order valence-corrected chi connectivity index (χ3v) is 4.10. The van der Waals surface area contributed by atoms with Gasteiger partial charge in [0.1, 0.15) is 11.7 Å². The smallest absolute Gasteiger partial charge is 0.326 e. The first-order valence-electron chi connectivity index (χ1n) is 5.85. The Balaban J connectivity index is 2.28. The van der Waals surface area contributed by atoms with Gasteiger partial charge in [0.15, 0.2) is 0 Å². The maximum atomic E-state index is 12.4. The van der Waals surface area contributed by atoms with E-state index in [1.54, 1.807) is 6.07 Å². The Hall–Kier alpha value is -0.950. The fourth-order valence-corrected chi connectivity index (χ4v) is 3.30. The van der Waals surface area contributed by atoms with E-state index in [9.17, 15) is 14.7 Å². The highest BCUT2D eigenvalue weighted by molar-refractivity contribution is 9.11. The molecule has 1 atom stereocenters. The van der Waals surface area contributed by atoms with Crippen molar-refractivity contribution in [2.75, 3.05) is 6.54 Å². The molecule has 1 aromatic heterocycles. The first-order valence-corrected chi connectivity index (χ1v) is 7.44. The number of likely N-dealkylation sites (tertiary alicyclic amines) is 1. The number of hydrogen-bond acceptors (Lipinski definition) is 3. The van der Waals surface area contributed by atoms with Crippen LogP contribution in [0.3, 0.4) is 0 Å². The standard InChI is InChI=1S/C12H12Br2N2O3/c13-7-5-8(14)10(15-6-7)11(17)16-4-2-1-3-9(16)12(18)19/h5-6,9H,1-4H2,(H,18,19)/t9-/m1/s1. The number of aliphatic carboxylic acids is 1. The van der Waals surface area contributed by atoms with Crippen LogP contribution in [0.2, 0.25) is 0 Å². The lowest BCUT2D eigenvalue weighted by Gasteiger charge is -2.32. The summed E-state index contributed by atoms with van der Waals surface area (Å²) in [6, 6.07) is 0.971. The molecule has 1 aliphatic heterocycles. The molecule has 0 saturated carbocycles. The average molecular weight is 392 g/mol. The Labute approximate surface area is 127 Å². The van der Waals surface area contributed by atoms with Crippen LogP contribution in [0.25, 0.3) is 0 Å². The van der Waals surface area contributed by atoms with E-state index in [-0.39, 0.29) is 11.6 Å². The van der Waals surface area contributed by atoms with Gasteiger partial charge in [-0.15, -0.1) is 0 Å². The Morgan fingerprint density at radius 2 is 2.11 bits per heavy atom. The summed E-state index contributed by atoms with van der Waals surface area (Å²) < 4.78 is 1.31. The van der Waals surface area contributed by atoms with E-state index in [1.807, 2.05) is 0 Å². The van der Waals surface area contributed by atoms with Gasteiger partial charge in [-0.3, -0.25) is 4.79 Å². The predicted molar refractivity (Wildman–Crippen MR) is 75.9 cm³/mol. The summed E-state index contributed by atoms with van der Waals surface area (Å²) in [6.07, 6.45) is 3.67. The zero-order valence-corrected chi connectivity index (χ0v) is 13.1. The van der Waals surface area contributed by atoms with Crippen LogP contribution >= 0.6 is 31.9 Å². The maximum Gasteiger partial charge on any atom is 0.326 e. The molecule has 0 bridgehead atoms. The SMILES string of the molecule is O=C(O)[C@H]1CCCCN1C(=O)c1ncc(Br)cc1Br. The highest BCUT2D eigenvalue weighted by Gasteiger charge is 2.33. The van der Waals surface area contributed by atoms with Gasteiger partial charge in [-0.2, -0.15) is 0 Å². The zero-order chi connectivity index (χ0) is 14.0. The summed E-state index contributed by atoms with van der Waals surface area (Å²) in [5.74, 6) is -1.30. The van der Waals surface area contributed by atoms with E-state index < -0.39 is 12.0 Å². The molecule has 1 amide bonds. The molecule has 0 radical (unpaired) electrons. The van der Waals surface area contributed by atoms with E-state index >= 15 is 0 Å². The molecule has 2 heterocycles. The van der Waals surface area contributed by atoms with Gasteiger partial charge in [0.25, 0.3) is 5.91 Å². The second kappa shape index (κ2) is 6.00. The van der Waals surface area contributed by atoms with Crippen molar-refractivity contribution in [1.29, 1.82) is 0 Å². The molecule has 7 heteroatoms. The lowest BCUT2D eigenvalue weighted by molar-refractivity contribution is -0.143. The first kappa shape index (κ1) is 14.5. The Kier molecular flexibility index (Phi) is 4.57. The van der Waals surface area contributed by atoms with Crippen LogP contribution in [0.1, 0.15) is 29.8 Å². The molecule has 0 spiro atoms. The van der Waals surface area contributed by atoms with Gasteiger partial charge < -0.3 is 10.0 Å². The molecule has 1 aromatic rings. The van der Waals surface area contributed by atoms with Gasteiger partial charge in [-0.05, 0) is 57.2 Å². The number of amides is 1. The van der Waals surface area contributed by atoms with Crippen molar-refractivity contribution in [2.45, 2.75) is 25.3 Å². The molecule has 19 heavy (non-hydrogen) atoms. The van der Waals surface area contributed by atoms with Crippen molar-refractivity contribution in [3.63, 3.8) is 0 Å². The number of rotatable bonds is 2. The molecule has 1 aliphatic rings. The monoisotopic (exact) mass is 390 g/mol. The van der Waals surface area contributed by atoms with E-state index in [0.717, 1.165) is 17.3 Å². The Bertz CT molecular complexity index is 522. The van der Waals surface area contributed by atoms with Gasteiger partial charge in [0, 0.05) is 17.2 Å². The van der Waals surface area contributed by atoms with Crippen LogP contribution < -0.4 is 0 Å². The third-order valence-electron chi connectivity index (χ3n) is 3.06. The summed E-state index contributed by atoms with van der Waals surface area (Å²) >= 11 is 6.55. The van der Waals surface area contributed by atoms with Crippen molar-refractivity contribution in [3.8, 4) is 0 Å². The van der Waals surface area contributed by atoms with Crippen molar-refractivity contribution >= 4 is 43.7 Å². The number of carbonyl (C=O) groups is 2. The lowest BCUT2D eigenvalue weighted by atomic mass is 10.0. The van der Waals surface area contributed by atoms with Crippen LogP contribution in [-0.4, -0.2) is 39.5 Å². The second-order valence-corrected chi connectivity index (χ2v) is 6.10. The molecule has 2 rings (SSSR count). The zero-order valence-electron chi connectivity index (χ0n) is 9.97. The minimum atomic E-state index is -0.957. The third kappa shape index (κ3) is 3.14.